The van der Waals surface area contributed by atoms with E-state index >= 15 is 0 Å². The highest BCUT2D eigenvalue weighted by Crippen LogP contribution is 2.24. The van der Waals surface area contributed by atoms with Crippen molar-refractivity contribution in [2.24, 2.45) is 0 Å². The Labute approximate surface area is 94.0 Å². The summed E-state index contributed by atoms with van der Waals surface area (Å²) in [5.74, 6) is 0. The largest absolute Gasteiger partial charge is 0.386 e. The summed E-state index contributed by atoms with van der Waals surface area (Å²) in [6.45, 7) is 9.69. The molecule has 0 aromatic heterocycles. The number of hydrogen-bond donors (Lipinski definition) is 1. The highest BCUT2D eigenvalue weighted by atomic mass is 16.3. The molecule has 0 aromatic carbocycles. The number of nitrogens with zero attached hydrogens (tertiary/aromatic N) is 1. The van der Waals surface area contributed by atoms with Crippen LogP contribution in [-0.2, 0) is 0 Å². The Kier molecular flexibility index (Phi) is 4.81. The summed E-state index contributed by atoms with van der Waals surface area (Å²) in [4.78, 5) is 2.47. The van der Waals surface area contributed by atoms with Gasteiger partial charge >= 0.3 is 0 Å². The van der Waals surface area contributed by atoms with E-state index in [4.69, 9.17) is 0 Å². The monoisotopic (exact) mass is 211 g/mol. The second-order valence-corrected chi connectivity index (χ2v) is 5.02. The van der Waals surface area contributed by atoms with Crippen LogP contribution in [0.3, 0.4) is 0 Å². The molecule has 2 nitrogen and oxygen atoms in total. The summed E-state index contributed by atoms with van der Waals surface area (Å²) in [6, 6.07) is 0. The molecule has 0 saturated carbocycles. The SMILES string of the molecule is CCCN1CCCC(O)(C=C(C)C)CC1. The van der Waals surface area contributed by atoms with Crippen molar-refractivity contribution in [3.05, 3.63) is 11.6 Å². The van der Waals surface area contributed by atoms with Crippen molar-refractivity contribution in [3.8, 4) is 0 Å². The molecule has 1 atom stereocenters. The lowest BCUT2D eigenvalue weighted by Gasteiger charge is -2.24. The lowest BCUT2D eigenvalue weighted by atomic mass is 9.93. The van der Waals surface area contributed by atoms with E-state index in [9.17, 15) is 5.11 Å². The van der Waals surface area contributed by atoms with Crippen molar-refractivity contribution in [2.75, 3.05) is 19.6 Å². The molecular weight excluding hydrogens is 186 g/mol. The molecule has 1 heterocycles. The van der Waals surface area contributed by atoms with Crippen LogP contribution >= 0.6 is 0 Å². The fraction of sp³-hybridized carbons (Fsp3) is 0.846. The van der Waals surface area contributed by atoms with Crippen molar-refractivity contribution in [1.29, 1.82) is 0 Å². The molecule has 1 fully saturated rings. The van der Waals surface area contributed by atoms with Crippen LogP contribution in [0.15, 0.2) is 11.6 Å². The van der Waals surface area contributed by atoms with Crippen molar-refractivity contribution in [2.45, 2.75) is 52.1 Å². The second kappa shape index (κ2) is 5.66. The smallest absolute Gasteiger partial charge is 0.0842 e. The molecule has 0 bridgehead atoms. The minimum atomic E-state index is -0.540. The first kappa shape index (κ1) is 12.7. The third kappa shape index (κ3) is 4.35. The molecule has 0 amide bonds. The highest BCUT2D eigenvalue weighted by Gasteiger charge is 2.27. The van der Waals surface area contributed by atoms with Crippen LogP contribution in [0.4, 0.5) is 0 Å². The number of likely N-dealkylation sites (tertiary alicyclic amines) is 1. The van der Waals surface area contributed by atoms with Gasteiger partial charge < -0.3 is 10.0 Å². The zero-order valence-electron chi connectivity index (χ0n) is 10.4. The Balaban J connectivity index is 2.54. The van der Waals surface area contributed by atoms with E-state index in [1.54, 1.807) is 0 Å². The molecular formula is C13H25NO. The predicted molar refractivity (Wildman–Crippen MR) is 65.0 cm³/mol. The maximum Gasteiger partial charge on any atom is 0.0842 e. The molecule has 0 aromatic rings. The molecule has 88 valence electrons. The van der Waals surface area contributed by atoms with Gasteiger partial charge in [-0.2, -0.15) is 0 Å². The standard InChI is InChI=1S/C13H25NO/c1-4-8-14-9-5-6-13(15,7-10-14)11-12(2)3/h11,15H,4-10H2,1-3H3. The van der Waals surface area contributed by atoms with E-state index in [-0.39, 0.29) is 0 Å². The van der Waals surface area contributed by atoms with Gasteiger partial charge in [0.2, 0.25) is 0 Å². The van der Waals surface area contributed by atoms with Crippen molar-refractivity contribution < 1.29 is 5.11 Å². The Bertz CT molecular complexity index is 221. The van der Waals surface area contributed by atoms with Gasteiger partial charge in [0.15, 0.2) is 0 Å². The van der Waals surface area contributed by atoms with Crippen molar-refractivity contribution >= 4 is 0 Å². The Morgan fingerprint density at radius 2 is 2.07 bits per heavy atom. The second-order valence-electron chi connectivity index (χ2n) is 5.02. The Hall–Kier alpha value is -0.340. The molecule has 1 saturated heterocycles. The zero-order valence-corrected chi connectivity index (χ0v) is 10.4. The van der Waals surface area contributed by atoms with Crippen LogP contribution in [-0.4, -0.2) is 35.2 Å². The predicted octanol–water partition coefficient (Wildman–Crippen LogP) is 2.58. The van der Waals surface area contributed by atoms with Crippen LogP contribution in [0.2, 0.25) is 0 Å². The van der Waals surface area contributed by atoms with E-state index in [0.717, 1.165) is 32.4 Å². The molecule has 15 heavy (non-hydrogen) atoms. The lowest BCUT2D eigenvalue weighted by molar-refractivity contribution is 0.0738. The summed E-state index contributed by atoms with van der Waals surface area (Å²) in [5, 5.41) is 10.4. The van der Waals surface area contributed by atoms with Crippen LogP contribution in [0.1, 0.15) is 46.5 Å². The first-order valence-corrected chi connectivity index (χ1v) is 6.16. The van der Waals surface area contributed by atoms with Gasteiger partial charge in [-0.1, -0.05) is 18.6 Å². The van der Waals surface area contributed by atoms with Crippen molar-refractivity contribution in [3.63, 3.8) is 0 Å². The average molecular weight is 211 g/mol. The summed E-state index contributed by atoms with van der Waals surface area (Å²) < 4.78 is 0. The minimum Gasteiger partial charge on any atom is -0.386 e. The third-order valence-corrected chi connectivity index (χ3v) is 3.04. The lowest BCUT2D eigenvalue weighted by Crippen LogP contribution is -2.30. The van der Waals surface area contributed by atoms with Gasteiger partial charge in [0.1, 0.15) is 0 Å². The Morgan fingerprint density at radius 1 is 1.33 bits per heavy atom. The molecule has 0 aliphatic carbocycles. The number of hydrogen-bond acceptors (Lipinski definition) is 2. The molecule has 1 aliphatic rings. The molecule has 0 spiro atoms. The fourth-order valence-electron chi connectivity index (χ4n) is 2.42. The van der Waals surface area contributed by atoms with Gasteiger partial charge in [0, 0.05) is 6.54 Å². The third-order valence-electron chi connectivity index (χ3n) is 3.04. The van der Waals surface area contributed by atoms with Gasteiger partial charge in [-0.15, -0.1) is 0 Å². The summed E-state index contributed by atoms with van der Waals surface area (Å²) in [7, 11) is 0. The zero-order chi connectivity index (χ0) is 11.3. The van der Waals surface area contributed by atoms with E-state index < -0.39 is 5.60 Å². The fourth-order valence-corrected chi connectivity index (χ4v) is 2.42. The van der Waals surface area contributed by atoms with Crippen LogP contribution in [0.5, 0.6) is 0 Å². The van der Waals surface area contributed by atoms with E-state index in [0.29, 0.717) is 0 Å². The molecule has 0 radical (unpaired) electrons. The quantitative estimate of drug-likeness (QED) is 0.725. The maximum absolute atomic E-state index is 10.4. The molecule has 1 aliphatic heterocycles. The van der Waals surface area contributed by atoms with Crippen molar-refractivity contribution in [1.82, 2.24) is 4.90 Å². The van der Waals surface area contributed by atoms with Gasteiger partial charge in [-0.25, -0.2) is 0 Å². The molecule has 1 unspecified atom stereocenters. The normalized spacial score (nSPS) is 28.5. The molecule has 1 N–H and O–H groups in total. The van der Waals surface area contributed by atoms with Gasteiger partial charge in [-0.05, 0) is 52.6 Å². The van der Waals surface area contributed by atoms with Gasteiger partial charge in [0.25, 0.3) is 0 Å². The van der Waals surface area contributed by atoms with E-state index in [1.165, 1.54) is 18.5 Å². The first-order valence-electron chi connectivity index (χ1n) is 6.16. The summed E-state index contributed by atoms with van der Waals surface area (Å²) in [6.07, 6.45) is 6.17. The molecule has 2 heteroatoms. The molecule has 1 rings (SSSR count). The Morgan fingerprint density at radius 3 is 2.67 bits per heavy atom. The highest BCUT2D eigenvalue weighted by molar-refractivity contribution is 5.07. The average Bonchev–Trinajstić information content (AvgIpc) is 2.28. The number of aliphatic hydroxyl groups is 1. The number of rotatable bonds is 3. The maximum atomic E-state index is 10.4. The topological polar surface area (TPSA) is 23.5 Å². The van der Waals surface area contributed by atoms with Crippen LogP contribution in [0, 0.1) is 0 Å². The first-order chi connectivity index (χ1) is 7.06. The summed E-state index contributed by atoms with van der Waals surface area (Å²) in [5.41, 5.74) is 0.683. The van der Waals surface area contributed by atoms with Gasteiger partial charge in [-0.3, -0.25) is 0 Å². The van der Waals surface area contributed by atoms with Crippen LogP contribution in [0.25, 0.3) is 0 Å². The minimum absolute atomic E-state index is 0.540. The van der Waals surface area contributed by atoms with Crippen LogP contribution < -0.4 is 0 Å². The van der Waals surface area contributed by atoms with E-state index in [2.05, 4.69) is 25.7 Å². The van der Waals surface area contributed by atoms with E-state index in [1.807, 2.05) is 6.08 Å². The van der Waals surface area contributed by atoms with Gasteiger partial charge in [0.05, 0.1) is 5.60 Å². The summed E-state index contributed by atoms with van der Waals surface area (Å²) >= 11 is 0. The number of allylic oxidation sites excluding steroid dienone is 1.